The summed E-state index contributed by atoms with van der Waals surface area (Å²) in [6.07, 6.45) is 4.32. The highest BCUT2D eigenvalue weighted by Gasteiger charge is 2.40. The Kier molecular flexibility index (Phi) is 11.0. The average Bonchev–Trinajstić information content (AvgIpc) is 2.63. The topological polar surface area (TPSA) is 38.7 Å². The molecule has 0 saturated carbocycles. The SMILES string of the molecule is C[C@@H](CC[C@@H](O[Si](C)(C)C(C)(C)C)[C@H](C)CCCO)COCc1ccccc1. The standard InChI is InChI=1S/C24H44O3Si/c1-20(18-26-19-22-13-9-8-10-14-22)15-16-23(21(2)12-11-17-25)27-28(6,7)24(3,4)5/h8-10,13-14,20-21,23,25H,11-12,15-19H2,1-7H3/t20-,21+,23+/m0/s1. The highest BCUT2D eigenvalue weighted by Crippen LogP contribution is 2.39. The maximum Gasteiger partial charge on any atom is 0.192 e. The molecule has 3 atom stereocenters. The van der Waals surface area contributed by atoms with Crippen LogP contribution in [0.4, 0.5) is 0 Å². The molecule has 1 rings (SSSR count). The van der Waals surface area contributed by atoms with E-state index in [0.29, 0.717) is 18.4 Å². The molecule has 0 aliphatic rings. The lowest BCUT2D eigenvalue weighted by Crippen LogP contribution is -2.45. The molecule has 0 saturated heterocycles. The van der Waals surface area contributed by atoms with Gasteiger partial charge in [0.15, 0.2) is 8.32 Å². The van der Waals surface area contributed by atoms with Gasteiger partial charge < -0.3 is 14.3 Å². The van der Waals surface area contributed by atoms with Crippen molar-refractivity contribution in [3.8, 4) is 0 Å². The predicted octanol–water partition coefficient (Wildman–Crippen LogP) is 6.42. The maximum absolute atomic E-state index is 9.22. The fraction of sp³-hybridized carbons (Fsp3) is 0.750. The lowest BCUT2D eigenvalue weighted by Gasteiger charge is -2.41. The van der Waals surface area contributed by atoms with Gasteiger partial charge in [0.25, 0.3) is 0 Å². The molecule has 0 fully saturated rings. The maximum atomic E-state index is 9.22. The Hall–Kier alpha value is -0.683. The van der Waals surface area contributed by atoms with Crippen LogP contribution in [0.25, 0.3) is 0 Å². The summed E-state index contributed by atoms with van der Waals surface area (Å²) in [4.78, 5) is 0. The second-order valence-corrected chi connectivity index (χ2v) is 14.7. The molecule has 0 amide bonds. The Morgan fingerprint density at radius 3 is 2.21 bits per heavy atom. The van der Waals surface area contributed by atoms with E-state index in [1.165, 1.54) is 5.56 Å². The lowest BCUT2D eigenvalue weighted by atomic mass is 9.93. The second-order valence-electron chi connectivity index (χ2n) is 9.94. The number of hydrogen-bond donors (Lipinski definition) is 1. The molecule has 0 spiro atoms. The quantitative estimate of drug-likeness (QED) is 0.383. The molecule has 162 valence electrons. The summed E-state index contributed by atoms with van der Waals surface area (Å²) in [6, 6.07) is 10.4. The minimum absolute atomic E-state index is 0.215. The number of aliphatic hydroxyl groups excluding tert-OH is 1. The molecule has 0 radical (unpaired) electrons. The summed E-state index contributed by atoms with van der Waals surface area (Å²) < 4.78 is 12.7. The van der Waals surface area contributed by atoms with Crippen LogP contribution in [0.3, 0.4) is 0 Å². The zero-order valence-corrected chi connectivity index (χ0v) is 20.3. The Balaban J connectivity index is 2.54. The molecule has 0 aromatic heterocycles. The smallest absolute Gasteiger partial charge is 0.192 e. The summed E-state index contributed by atoms with van der Waals surface area (Å²) in [5.74, 6) is 0.984. The van der Waals surface area contributed by atoms with Crippen LogP contribution in [0.1, 0.15) is 65.9 Å². The Labute approximate surface area is 175 Å². The monoisotopic (exact) mass is 408 g/mol. The van der Waals surface area contributed by atoms with Crippen molar-refractivity contribution in [1.29, 1.82) is 0 Å². The van der Waals surface area contributed by atoms with Crippen LogP contribution < -0.4 is 0 Å². The molecular formula is C24H44O3Si. The van der Waals surface area contributed by atoms with E-state index in [-0.39, 0.29) is 17.7 Å². The normalized spacial score (nSPS) is 16.0. The first kappa shape index (κ1) is 25.4. The molecule has 0 aliphatic carbocycles. The fourth-order valence-electron chi connectivity index (χ4n) is 3.10. The predicted molar refractivity (Wildman–Crippen MR) is 122 cm³/mol. The van der Waals surface area contributed by atoms with E-state index in [1.807, 2.05) is 6.07 Å². The molecule has 0 bridgehead atoms. The van der Waals surface area contributed by atoms with Gasteiger partial charge in [0, 0.05) is 19.3 Å². The molecule has 4 heteroatoms. The van der Waals surface area contributed by atoms with Gasteiger partial charge in [-0.05, 0) is 61.2 Å². The molecule has 1 N–H and O–H groups in total. The number of ether oxygens (including phenoxy) is 1. The van der Waals surface area contributed by atoms with E-state index < -0.39 is 8.32 Å². The van der Waals surface area contributed by atoms with E-state index in [9.17, 15) is 5.11 Å². The fourth-order valence-corrected chi connectivity index (χ4v) is 4.56. The highest BCUT2D eigenvalue weighted by molar-refractivity contribution is 6.74. The third-order valence-electron chi connectivity index (χ3n) is 6.16. The van der Waals surface area contributed by atoms with Crippen molar-refractivity contribution in [3.63, 3.8) is 0 Å². The first-order valence-electron chi connectivity index (χ1n) is 11.0. The number of rotatable bonds is 13. The highest BCUT2D eigenvalue weighted by atomic mass is 28.4. The lowest BCUT2D eigenvalue weighted by molar-refractivity contribution is 0.0701. The first-order valence-corrected chi connectivity index (χ1v) is 13.9. The number of hydrogen-bond acceptors (Lipinski definition) is 3. The van der Waals surface area contributed by atoms with Crippen molar-refractivity contribution >= 4 is 8.32 Å². The van der Waals surface area contributed by atoms with Crippen molar-refractivity contribution in [2.75, 3.05) is 13.2 Å². The third-order valence-corrected chi connectivity index (χ3v) is 10.7. The van der Waals surface area contributed by atoms with Crippen LogP contribution >= 0.6 is 0 Å². The zero-order chi connectivity index (χ0) is 21.2. The van der Waals surface area contributed by atoms with Crippen LogP contribution in [0.5, 0.6) is 0 Å². The van der Waals surface area contributed by atoms with Gasteiger partial charge in [0.1, 0.15) is 0 Å². The summed E-state index contributed by atoms with van der Waals surface area (Å²) >= 11 is 0. The van der Waals surface area contributed by atoms with Crippen LogP contribution in [0.15, 0.2) is 30.3 Å². The van der Waals surface area contributed by atoms with E-state index >= 15 is 0 Å². The number of aliphatic hydroxyl groups is 1. The van der Waals surface area contributed by atoms with E-state index in [1.54, 1.807) is 0 Å². The first-order chi connectivity index (χ1) is 13.1. The Morgan fingerprint density at radius 1 is 1.00 bits per heavy atom. The van der Waals surface area contributed by atoms with E-state index in [4.69, 9.17) is 9.16 Å². The van der Waals surface area contributed by atoms with E-state index in [0.717, 1.165) is 32.3 Å². The van der Waals surface area contributed by atoms with Crippen LogP contribution in [0.2, 0.25) is 18.1 Å². The van der Waals surface area contributed by atoms with Crippen LogP contribution in [-0.2, 0) is 15.8 Å². The molecule has 1 aromatic carbocycles. The van der Waals surface area contributed by atoms with Gasteiger partial charge in [-0.15, -0.1) is 0 Å². The summed E-state index contributed by atoms with van der Waals surface area (Å²) in [7, 11) is -1.81. The molecule has 0 heterocycles. The van der Waals surface area contributed by atoms with Crippen molar-refractivity contribution in [2.45, 2.75) is 91.1 Å². The molecule has 28 heavy (non-hydrogen) atoms. The molecular weight excluding hydrogens is 364 g/mol. The average molecular weight is 409 g/mol. The van der Waals surface area contributed by atoms with Crippen LogP contribution in [-0.4, -0.2) is 32.7 Å². The zero-order valence-electron chi connectivity index (χ0n) is 19.3. The molecule has 0 aliphatic heterocycles. The second kappa shape index (κ2) is 12.1. The van der Waals surface area contributed by atoms with Crippen molar-refractivity contribution < 1.29 is 14.3 Å². The Bertz CT molecular complexity index is 524. The summed E-state index contributed by atoms with van der Waals surface area (Å²) in [5, 5.41) is 9.43. The molecule has 1 aromatic rings. The van der Waals surface area contributed by atoms with Crippen LogP contribution in [0, 0.1) is 11.8 Å². The van der Waals surface area contributed by atoms with Crippen molar-refractivity contribution in [1.82, 2.24) is 0 Å². The van der Waals surface area contributed by atoms with Gasteiger partial charge >= 0.3 is 0 Å². The number of benzene rings is 1. The van der Waals surface area contributed by atoms with Crippen molar-refractivity contribution in [3.05, 3.63) is 35.9 Å². The van der Waals surface area contributed by atoms with Gasteiger partial charge in [0.2, 0.25) is 0 Å². The molecule has 0 unspecified atom stereocenters. The van der Waals surface area contributed by atoms with Gasteiger partial charge in [-0.2, -0.15) is 0 Å². The Morgan fingerprint density at radius 2 is 1.64 bits per heavy atom. The third kappa shape index (κ3) is 9.21. The minimum Gasteiger partial charge on any atom is -0.414 e. The van der Waals surface area contributed by atoms with Gasteiger partial charge in [-0.25, -0.2) is 0 Å². The van der Waals surface area contributed by atoms with Crippen molar-refractivity contribution in [2.24, 2.45) is 11.8 Å². The minimum atomic E-state index is -1.81. The summed E-state index contributed by atoms with van der Waals surface area (Å²) in [5.41, 5.74) is 1.23. The molecule has 3 nitrogen and oxygen atoms in total. The van der Waals surface area contributed by atoms with Gasteiger partial charge in [-0.3, -0.25) is 0 Å². The van der Waals surface area contributed by atoms with E-state index in [2.05, 4.69) is 72.0 Å². The van der Waals surface area contributed by atoms with Gasteiger partial charge in [0.05, 0.1) is 6.61 Å². The van der Waals surface area contributed by atoms with Gasteiger partial charge in [-0.1, -0.05) is 65.0 Å². The largest absolute Gasteiger partial charge is 0.414 e. The summed E-state index contributed by atoms with van der Waals surface area (Å²) in [6.45, 7) is 17.9.